The lowest BCUT2D eigenvalue weighted by Crippen LogP contribution is -2.55. The number of hydrogen-bond donors (Lipinski definition) is 2. The lowest BCUT2D eigenvalue weighted by Gasteiger charge is -2.41. The maximum Gasteiger partial charge on any atom is 0.407 e. The molecule has 1 saturated carbocycles. The highest BCUT2D eigenvalue weighted by molar-refractivity contribution is 5.94. The highest BCUT2D eigenvalue weighted by atomic mass is 16.4. The van der Waals surface area contributed by atoms with E-state index in [4.69, 9.17) is 9.97 Å². The van der Waals surface area contributed by atoms with Crippen LogP contribution in [0.4, 0.5) is 16.3 Å². The molecule has 2 fully saturated rings. The molecule has 2 aliphatic heterocycles. The van der Waals surface area contributed by atoms with Crippen LogP contribution in [-0.2, 0) is 23.2 Å². The van der Waals surface area contributed by atoms with Crippen LogP contribution < -0.4 is 15.1 Å². The third-order valence-corrected chi connectivity index (χ3v) is 8.96. The van der Waals surface area contributed by atoms with Crippen LogP contribution in [0, 0.1) is 11.3 Å². The molecule has 2 amide bonds. The Hall–Kier alpha value is -4.43. The van der Waals surface area contributed by atoms with Crippen molar-refractivity contribution in [2.45, 2.75) is 43.7 Å². The summed E-state index contributed by atoms with van der Waals surface area (Å²) in [5.41, 5.74) is 2.34. The van der Waals surface area contributed by atoms with Crippen LogP contribution in [0.15, 0.2) is 42.5 Å². The molecule has 0 bridgehead atoms. The zero-order valence-corrected chi connectivity index (χ0v) is 24.8. The maximum absolute atomic E-state index is 13.5. The summed E-state index contributed by atoms with van der Waals surface area (Å²) in [4.78, 5) is 43.5. The monoisotopic (exact) mass is 582 g/mol. The second kappa shape index (κ2) is 11.7. The highest BCUT2D eigenvalue weighted by Gasteiger charge is 2.54. The van der Waals surface area contributed by atoms with Gasteiger partial charge in [-0.3, -0.25) is 4.79 Å². The van der Waals surface area contributed by atoms with Crippen LogP contribution >= 0.6 is 0 Å². The number of nitrogens with zero attached hydrogens (tertiary/aromatic N) is 7. The minimum Gasteiger partial charge on any atom is -0.465 e. The van der Waals surface area contributed by atoms with Crippen molar-refractivity contribution in [1.82, 2.24) is 25.1 Å². The Labute approximate surface area is 251 Å². The number of fused-ring (bicyclic) bond motifs is 2. The van der Waals surface area contributed by atoms with Crippen molar-refractivity contribution in [2.24, 2.45) is 0 Å². The van der Waals surface area contributed by atoms with Crippen molar-refractivity contribution in [3.05, 3.63) is 59.5 Å². The van der Waals surface area contributed by atoms with Crippen LogP contribution in [0.3, 0.4) is 0 Å². The molecule has 2 aromatic carbocycles. The minimum absolute atomic E-state index is 0.0416. The number of aromatic nitrogens is 2. The number of benzene rings is 2. The molecule has 11 heteroatoms. The molecule has 3 aliphatic rings. The normalized spacial score (nSPS) is 19.2. The lowest BCUT2D eigenvalue weighted by molar-refractivity contribution is -0.123. The summed E-state index contributed by atoms with van der Waals surface area (Å²) in [6.45, 7) is 3.78. The average molecular weight is 583 g/mol. The molecule has 3 aromatic rings. The van der Waals surface area contributed by atoms with Gasteiger partial charge in [-0.05, 0) is 44.8 Å². The molecule has 6 rings (SSSR count). The standard InChI is InChI=1S/C32H38N8O3/c1-37(2)17-15-34-30(41)32(12-13-32)29-35-26-21-38(27-9-5-7-22-6-3-4-8-24(22)27)16-11-25(26)28(36-29)39-18-19-40(31(42)43)23(20-39)10-14-33/h3-9,23H,10-13,15-21H2,1-2H3,(H,34,41)(H,42,43)/t23-/m0/s1. The molecule has 0 radical (unpaired) electrons. The van der Waals surface area contributed by atoms with E-state index in [0.29, 0.717) is 44.8 Å². The quantitative estimate of drug-likeness (QED) is 0.412. The van der Waals surface area contributed by atoms with Gasteiger partial charge in [0.2, 0.25) is 5.91 Å². The molecule has 1 saturated heterocycles. The number of nitrogens with one attached hydrogen (secondary N) is 1. The van der Waals surface area contributed by atoms with Gasteiger partial charge in [0.1, 0.15) is 17.1 Å². The summed E-state index contributed by atoms with van der Waals surface area (Å²) in [7, 11) is 3.95. The smallest absolute Gasteiger partial charge is 0.407 e. The van der Waals surface area contributed by atoms with Crippen molar-refractivity contribution < 1.29 is 14.7 Å². The predicted octanol–water partition coefficient (Wildman–Crippen LogP) is 2.98. The average Bonchev–Trinajstić information content (AvgIpc) is 3.82. The Balaban J connectivity index is 1.37. The predicted molar refractivity (Wildman–Crippen MR) is 164 cm³/mol. The van der Waals surface area contributed by atoms with Crippen molar-refractivity contribution in [1.29, 1.82) is 5.26 Å². The number of nitriles is 1. The first-order valence-corrected chi connectivity index (χ1v) is 15.0. The van der Waals surface area contributed by atoms with Gasteiger partial charge in [0, 0.05) is 55.9 Å². The Morgan fingerprint density at radius 3 is 2.63 bits per heavy atom. The van der Waals surface area contributed by atoms with Gasteiger partial charge < -0.3 is 30.0 Å². The minimum atomic E-state index is -1.01. The molecular formula is C32H38N8O3. The molecule has 3 heterocycles. The fourth-order valence-corrected chi connectivity index (χ4v) is 6.39. The third-order valence-electron chi connectivity index (χ3n) is 8.96. The van der Waals surface area contributed by atoms with Gasteiger partial charge >= 0.3 is 6.09 Å². The fraction of sp³-hybridized carbons (Fsp3) is 0.469. The van der Waals surface area contributed by atoms with Crippen LogP contribution in [0.5, 0.6) is 0 Å². The van der Waals surface area contributed by atoms with Gasteiger partial charge in [0.15, 0.2) is 0 Å². The van der Waals surface area contributed by atoms with Gasteiger partial charge in [0.05, 0.1) is 30.8 Å². The third kappa shape index (κ3) is 5.55. The first kappa shape index (κ1) is 28.7. The number of piperazine rings is 1. The molecule has 224 valence electrons. The second-order valence-electron chi connectivity index (χ2n) is 12.0. The number of carbonyl (C=O) groups excluding carboxylic acids is 1. The van der Waals surface area contributed by atoms with Gasteiger partial charge in [-0.1, -0.05) is 36.4 Å². The van der Waals surface area contributed by atoms with E-state index >= 15 is 0 Å². The highest BCUT2D eigenvalue weighted by Crippen LogP contribution is 2.48. The van der Waals surface area contributed by atoms with Gasteiger partial charge in [-0.2, -0.15) is 5.26 Å². The molecule has 0 spiro atoms. The van der Waals surface area contributed by atoms with Crippen LogP contribution in [0.1, 0.15) is 36.3 Å². The number of hydrogen-bond acceptors (Lipinski definition) is 8. The summed E-state index contributed by atoms with van der Waals surface area (Å²) in [5.74, 6) is 1.28. The summed E-state index contributed by atoms with van der Waals surface area (Å²) in [5, 5.41) is 24.6. The lowest BCUT2D eigenvalue weighted by atomic mass is 9.99. The van der Waals surface area contributed by atoms with E-state index in [0.717, 1.165) is 42.3 Å². The summed E-state index contributed by atoms with van der Waals surface area (Å²) in [6, 6.07) is 16.4. The fourth-order valence-electron chi connectivity index (χ4n) is 6.39. The molecule has 1 aromatic heterocycles. The van der Waals surface area contributed by atoms with Gasteiger partial charge in [-0.25, -0.2) is 14.8 Å². The molecule has 11 nitrogen and oxygen atoms in total. The van der Waals surface area contributed by atoms with Crippen molar-refractivity contribution >= 4 is 34.3 Å². The molecule has 2 N–H and O–H groups in total. The van der Waals surface area contributed by atoms with Gasteiger partial charge in [-0.15, -0.1) is 0 Å². The Morgan fingerprint density at radius 2 is 1.88 bits per heavy atom. The van der Waals surface area contributed by atoms with Crippen LogP contribution in [0.2, 0.25) is 0 Å². The molecular weight excluding hydrogens is 544 g/mol. The molecule has 1 atom stereocenters. The Bertz CT molecular complexity index is 1580. The number of likely N-dealkylation sites (N-methyl/N-ethyl adjacent to an activating group) is 1. The zero-order chi connectivity index (χ0) is 30.1. The van der Waals surface area contributed by atoms with E-state index in [1.165, 1.54) is 15.7 Å². The van der Waals surface area contributed by atoms with Crippen LogP contribution in [0.25, 0.3) is 10.8 Å². The van der Waals surface area contributed by atoms with E-state index in [-0.39, 0.29) is 18.9 Å². The molecule has 0 unspecified atom stereocenters. The zero-order valence-electron chi connectivity index (χ0n) is 24.8. The number of rotatable bonds is 8. The maximum atomic E-state index is 13.5. The van der Waals surface area contributed by atoms with E-state index < -0.39 is 17.6 Å². The van der Waals surface area contributed by atoms with Crippen molar-refractivity contribution in [2.75, 3.05) is 63.2 Å². The summed E-state index contributed by atoms with van der Waals surface area (Å²) < 4.78 is 0. The van der Waals surface area contributed by atoms with Crippen LogP contribution in [-0.4, -0.2) is 96.3 Å². The summed E-state index contributed by atoms with van der Waals surface area (Å²) >= 11 is 0. The van der Waals surface area contributed by atoms with E-state index in [2.05, 4.69) is 57.6 Å². The Kier molecular flexibility index (Phi) is 7.79. The van der Waals surface area contributed by atoms with E-state index in [1.54, 1.807) is 0 Å². The van der Waals surface area contributed by atoms with Crippen molar-refractivity contribution in [3.8, 4) is 6.07 Å². The number of amides is 2. The second-order valence-corrected chi connectivity index (χ2v) is 12.0. The number of anilines is 2. The largest absolute Gasteiger partial charge is 0.465 e. The first-order chi connectivity index (χ1) is 20.8. The molecule has 1 aliphatic carbocycles. The summed E-state index contributed by atoms with van der Waals surface area (Å²) in [6.07, 6.45) is 1.20. The number of carboxylic acid groups (broad SMARTS) is 1. The van der Waals surface area contributed by atoms with Crippen molar-refractivity contribution in [3.63, 3.8) is 0 Å². The van der Waals surface area contributed by atoms with E-state index in [9.17, 15) is 20.0 Å². The Morgan fingerprint density at radius 1 is 1.09 bits per heavy atom. The van der Waals surface area contributed by atoms with E-state index in [1.807, 2.05) is 25.1 Å². The number of carbonyl (C=O) groups is 2. The SMILES string of the molecule is CN(C)CCNC(=O)C1(c2nc3c(c(N4CCN(C(=O)O)[C@@H](CC#N)C4)n2)CCN(c2cccc4ccccc24)C3)CC1. The topological polar surface area (TPSA) is 129 Å². The van der Waals surface area contributed by atoms with Gasteiger partial charge in [0.25, 0.3) is 0 Å². The first-order valence-electron chi connectivity index (χ1n) is 15.0. The molecule has 43 heavy (non-hydrogen) atoms.